The summed E-state index contributed by atoms with van der Waals surface area (Å²) in [6.45, 7) is 0. The SMILES string of the molecule is c1ccc(-c2nc3ccccc3n2-c2ccc(-c3cc4cc5ccccc5cc4c4ccccc34)cc2)cc1. The fraction of sp³-hybridized carbons (Fsp3) is 0. The molecular weight excluding hydrogens is 472 g/mol. The number of aromatic nitrogens is 2. The third-order valence-corrected chi connectivity index (χ3v) is 7.75. The minimum atomic E-state index is 0.951. The summed E-state index contributed by atoms with van der Waals surface area (Å²) in [7, 11) is 0. The van der Waals surface area contributed by atoms with Crippen LogP contribution >= 0.6 is 0 Å². The highest BCUT2D eigenvalue weighted by Gasteiger charge is 2.15. The normalized spacial score (nSPS) is 11.6. The second-order valence-electron chi connectivity index (χ2n) is 10.1. The highest BCUT2D eigenvalue weighted by molar-refractivity contribution is 6.16. The van der Waals surface area contributed by atoms with Crippen LogP contribution in [0.25, 0.3) is 71.6 Å². The molecule has 2 heteroatoms. The molecule has 2 nitrogen and oxygen atoms in total. The van der Waals surface area contributed by atoms with Gasteiger partial charge in [0.15, 0.2) is 0 Å². The van der Waals surface area contributed by atoms with Gasteiger partial charge in [0, 0.05) is 11.3 Å². The van der Waals surface area contributed by atoms with Crippen molar-refractivity contribution in [3.63, 3.8) is 0 Å². The average molecular weight is 497 g/mol. The number of imidazole rings is 1. The van der Waals surface area contributed by atoms with Crippen LogP contribution in [0.2, 0.25) is 0 Å². The van der Waals surface area contributed by atoms with Crippen LogP contribution in [0, 0.1) is 0 Å². The maximum Gasteiger partial charge on any atom is 0.145 e. The van der Waals surface area contributed by atoms with E-state index < -0.39 is 0 Å². The topological polar surface area (TPSA) is 17.8 Å². The fourth-order valence-electron chi connectivity index (χ4n) is 5.89. The Labute approximate surface area is 226 Å². The summed E-state index contributed by atoms with van der Waals surface area (Å²) in [4.78, 5) is 5.00. The molecule has 0 N–H and O–H groups in total. The molecule has 0 saturated carbocycles. The zero-order valence-corrected chi connectivity index (χ0v) is 21.3. The number of nitrogens with zero attached hydrogens (tertiary/aromatic N) is 2. The Hall–Kier alpha value is -5.21. The van der Waals surface area contributed by atoms with E-state index in [1.807, 2.05) is 12.1 Å². The number of hydrogen-bond acceptors (Lipinski definition) is 1. The number of fused-ring (bicyclic) bond motifs is 5. The van der Waals surface area contributed by atoms with Crippen molar-refractivity contribution >= 4 is 43.4 Å². The first-order chi connectivity index (χ1) is 19.3. The van der Waals surface area contributed by atoms with Crippen molar-refractivity contribution in [2.45, 2.75) is 0 Å². The van der Waals surface area contributed by atoms with Crippen molar-refractivity contribution in [3.05, 3.63) is 146 Å². The first kappa shape index (κ1) is 21.8. The van der Waals surface area contributed by atoms with Crippen LogP contribution in [0.5, 0.6) is 0 Å². The molecule has 0 unspecified atom stereocenters. The molecular formula is C37H24N2. The van der Waals surface area contributed by atoms with Gasteiger partial charge in [-0.3, -0.25) is 4.57 Å². The van der Waals surface area contributed by atoms with Crippen molar-refractivity contribution in [2.75, 3.05) is 0 Å². The lowest BCUT2D eigenvalue weighted by Crippen LogP contribution is -1.97. The lowest BCUT2D eigenvalue weighted by molar-refractivity contribution is 1.10. The highest BCUT2D eigenvalue weighted by Crippen LogP contribution is 2.37. The molecule has 0 bridgehead atoms. The van der Waals surface area contributed by atoms with E-state index in [0.717, 1.165) is 28.1 Å². The van der Waals surface area contributed by atoms with Gasteiger partial charge in [0.25, 0.3) is 0 Å². The lowest BCUT2D eigenvalue weighted by atomic mass is 9.92. The Morgan fingerprint density at radius 1 is 0.436 bits per heavy atom. The zero-order valence-electron chi connectivity index (χ0n) is 21.3. The Morgan fingerprint density at radius 3 is 1.92 bits per heavy atom. The number of benzene rings is 7. The van der Waals surface area contributed by atoms with Gasteiger partial charge >= 0.3 is 0 Å². The fourth-order valence-corrected chi connectivity index (χ4v) is 5.89. The smallest absolute Gasteiger partial charge is 0.145 e. The van der Waals surface area contributed by atoms with Gasteiger partial charge in [0.2, 0.25) is 0 Å². The molecule has 0 fully saturated rings. The van der Waals surface area contributed by atoms with Gasteiger partial charge in [-0.1, -0.05) is 103 Å². The van der Waals surface area contributed by atoms with Crippen LogP contribution in [0.15, 0.2) is 146 Å². The van der Waals surface area contributed by atoms with E-state index in [9.17, 15) is 0 Å². The quantitative estimate of drug-likeness (QED) is 0.176. The van der Waals surface area contributed by atoms with Crippen molar-refractivity contribution in [2.24, 2.45) is 0 Å². The van der Waals surface area contributed by atoms with Gasteiger partial charge in [-0.2, -0.15) is 0 Å². The molecule has 182 valence electrons. The van der Waals surface area contributed by atoms with Gasteiger partial charge in [-0.25, -0.2) is 4.98 Å². The van der Waals surface area contributed by atoms with E-state index in [1.54, 1.807) is 0 Å². The molecule has 0 radical (unpaired) electrons. The summed E-state index contributed by atoms with van der Waals surface area (Å²) in [5.41, 5.74) is 6.75. The summed E-state index contributed by atoms with van der Waals surface area (Å²) in [5, 5.41) is 7.65. The molecule has 7 aromatic carbocycles. The highest BCUT2D eigenvalue weighted by atomic mass is 15.1. The number of para-hydroxylation sites is 2. The summed E-state index contributed by atoms with van der Waals surface area (Å²) in [6.07, 6.45) is 0. The van der Waals surface area contributed by atoms with Crippen molar-refractivity contribution in [1.29, 1.82) is 0 Å². The molecule has 8 rings (SSSR count). The standard InChI is InChI=1S/C37H24N2/c1-2-10-26(11-3-1)37-38-35-16-8-9-17-36(35)39(37)30-20-18-25(19-21-30)33-24-29-22-27-12-4-5-13-28(27)23-34(29)32-15-7-6-14-31(32)33/h1-24H. The van der Waals surface area contributed by atoms with Gasteiger partial charge in [-0.05, 0) is 85.9 Å². The second-order valence-corrected chi connectivity index (χ2v) is 10.1. The molecule has 0 aliphatic heterocycles. The first-order valence-electron chi connectivity index (χ1n) is 13.3. The van der Waals surface area contributed by atoms with E-state index in [0.29, 0.717) is 0 Å². The van der Waals surface area contributed by atoms with Crippen molar-refractivity contribution < 1.29 is 0 Å². The van der Waals surface area contributed by atoms with Crippen LogP contribution < -0.4 is 0 Å². The minimum Gasteiger partial charge on any atom is -0.292 e. The summed E-state index contributed by atoms with van der Waals surface area (Å²) in [5.74, 6) is 0.951. The number of rotatable bonds is 3. The molecule has 1 aromatic heterocycles. The molecule has 0 atom stereocenters. The molecule has 0 saturated heterocycles. The largest absolute Gasteiger partial charge is 0.292 e. The molecule has 0 amide bonds. The second kappa shape index (κ2) is 8.68. The molecule has 8 aromatic rings. The van der Waals surface area contributed by atoms with E-state index in [4.69, 9.17) is 4.98 Å². The molecule has 1 heterocycles. The van der Waals surface area contributed by atoms with Crippen LogP contribution in [-0.4, -0.2) is 9.55 Å². The van der Waals surface area contributed by atoms with Crippen LogP contribution in [0.4, 0.5) is 0 Å². The van der Waals surface area contributed by atoms with E-state index >= 15 is 0 Å². The first-order valence-corrected chi connectivity index (χ1v) is 13.3. The van der Waals surface area contributed by atoms with Crippen molar-refractivity contribution in [1.82, 2.24) is 9.55 Å². The lowest BCUT2D eigenvalue weighted by Gasteiger charge is -2.14. The van der Waals surface area contributed by atoms with Crippen LogP contribution in [0.3, 0.4) is 0 Å². The Morgan fingerprint density at radius 2 is 1.10 bits per heavy atom. The monoisotopic (exact) mass is 496 g/mol. The van der Waals surface area contributed by atoms with Gasteiger partial charge in [0.05, 0.1) is 11.0 Å². The van der Waals surface area contributed by atoms with Crippen LogP contribution in [0.1, 0.15) is 0 Å². The van der Waals surface area contributed by atoms with E-state index in [2.05, 4.69) is 138 Å². The zero-order chi connectivity index (χ0) is 25.8. The Balaban J connectivity index is 1.32. The van der Waals surface area contributed by atoms with E-state index in [1.165, 1.54) is 43.4 Å². The number of hydrogen-bond donors (Lipinski definition) is 0. The predicted octanol–water partition coefficient (Wildman–Crippen LogP) is 9.82. The van der Waals surface area contributed by atoms with Gasteiger partial charge in [-0.15, -0.1) is 0 Å². The summed E-state index contributed by atoms with van der Waals surface area (Å²) < 4.78 is 2.26. The summed E-state index contributed by atoms with van der Waals surface area (Å²) >= 11 is 0. The molecule has 0 aliphatic rings. The predicted molar refractivity (Wildman–Crippen MR) is 164 cm³/mol. The third kappa shape index (κ3) is 3.53. The third-order valence-electron chi connectivity index (χ3n) is 7.75. The van der Waals surface area contributed by atoms with Gasteiger partial charge in [0.1, 0.15) is 5.82 Å². The Kier molecular flexibility index (Phi) is 4.86. The van der Waals surface area contributed by atoms with Crippen molar-refractivity contribution in [3.8, 4) is 28.2 Å². The molecule has 39 heavy (non-hydrogen) atoms. The minimum absolute atomic E-state index is 0.951. The molecule has 0 spiro atoms. The Bertz CT molecular complexity index is 2150. The molecule has 0 aliphatic carbocycles. The van der Waals surface area contributed by atoms with E-state index in [-0.39, 0.29) is 0 Å². The maximum atomic E-state index is 5.00. The average Bonchev–Trinajstić information content (AvgIpc) is 3.40. The van der Waals surface area contributed by atoms with Crippen LogP contribution in [-0.2, 0) is 0 Å². The van der Waals surface area contributed by atoms with Gasteiger partial charge < -0.3 is 0 Å². The maximum absolute atomic E-state index is 5.00. The summed E-state index contributed by atoms with van der Waals surface area (Å²) in [6, 6.07) is 52.0.